The molecule has 0 aromatic heterocycles. The molecule has 4 aromatic rings. The Labute approximate surface area is 266 Å². The van der Waals surface area contributed by atoms with Crippen LogP contribution >= 0.6 is 0 Å². The molecule has 3 heteroatoms. The fourth-order valence-electron chi connectivity index (χ4n) is 8.22. The molecule has 0 radical (unpaired) electrons. The van der Waals surface area contributed by atoms with Gasteiger partial charge in [-0.25, -0.2) is 0 Å². The van der Waals surface area contributed by atoms with E-state index in [0.717, 1.165) is 19.3 Å². The topological polar surface area (TPSA) is 6.48 Å². The zero-order valence-electron chi connectivity index (χ0n) is 25.3. The molecule has 3 atom stereocenters. The molecule has 0 fully saturated rings. The predicted octanol–water partition coefficient (Wildman–Crippen LogP) is 8.95. The molecular formula is C42H35BN2. The standard InChI is InChI=1S/C42H35BN2/c1-5-15-30(16-6-1)32-25-26-37-39(27-32)45(35-21-11-4-12-22-35)41-29-33(31-17-7-2-8-18-31)28-40-42(41)43(37)36-23-13-14-24-38(36)44(40)34-19-9-3-10-20-34/h1-15,17-19,21-26,28-30,32,34H,16,20,27H2. The van der Waals surface area contributed by atoms with Gasteiger partial charge in [0.2, 0.25) is 0 Å². The molecule has 216 valence electrons. The van der Waals surface area contributed by atoms with Gasteiger partial charge < -0.3 is 9.80 Å². The first kappa shape index (κ1) is 26.4. The number of hydrogen-bond donors (Lipinski definition) is 0. The highest BCUT2D eigenvalue weighted by atomic mass is 15.2. The average molecular weight is 579 g/mol. The Morgan fingerprint density at radius 1 is 0.600 bits per heavy atom. The quantitative estimate of drug-likeness (QED) is 0.223. The predicted molar refractivity (Wildman–Crippen MR) is 191 cm³/mol. The van der Waals surface area contributed by atoms with Gasteiger partial charge >= 0.3 is 0 Å². The van der Waals surface area contributed by atoms with Gasteiger partial charge in [0, 0.05) is 28.4 Å². The molecule has 3 unspecified atom stereocenters. The monoisotopic (exact) mass is 578 g/mol. The molecule has 45 heavy (non-hydrogen) atoms. The van der Waals surface area contributed by atoms with Gasteiger partial charge in [0.05, 0.1) is 6.04 Å². The number of anilines is 4. The van der Waals surface area contributed by atoms with E-state index in [1.165, 1.54) is 56.0 Å². The third kappa shape index (κ3) is 4.33. The molecule has 2 heterocycles. The van der Waals surface area contributed by atoms with Crippen molar-refractivity contribution in [1.29, 1.82) is 0 Å². The van der Waals surface area contributed by atoms with Crippen LogP contribution in [0.5, 0.6) is 0 Å². The number of hydrogen-bond acceptors (Lipinski definition) is 2. The van der Waals surface area contributed by atoms with Crippen LogP contribution in [0.2, 0.25) is 0 Å². The van der Waals surface area contributed by atoms with Crippen LogP contribution in [0.3, 0.4) is 0 Å². The maximum atomic E-state index is 2.63. The lowest BCUT2D eigenvalue weighted by atomic mass is 9.32. The molecule has 0 saturated heterocycles. The fourth-order valence-corrected chi connectivity index (χ4v) is 8.22. The summed E-state index contributed by atoms with van der Waals surface area (Å²) in [5.74, 6) is 0.981. The number of nitrogens with zero attached hydrogens (tertiary/aromatic N) is 2. The van der Waals surface area contributed by atoms with Gasteiger partial charge in [-0.05, 0) is 89.0 Å². The number of para-hydroxylation sites is 2. The summed E-state index contributed by atoms with van der Waals surface area (Å²) in [5, 5.41) is 0. The van der Waals surface area contributed by atoms with E-state index in [1.807, 2.05) is 0 Å². The van der Waals surface area contributed by atoms with Crippen LogP contribution < -0.4 is 20.7 Å². The second-order valence-electron chi connectivity index (χ2n) is 12.8. The van der Waals surface area contributed by atoms with E-state index >= 15 is 0 Å². The van der Waals surface area contributed by atoms with Gasteiger partial charge in [0.25, 0.3) is 6.71 Å². The molecule has 3 aliphatic carbocycles. The maximum Gasteiger partial charge on any atom is 0.251 e. The van der Waals surface area contributed by atoms with Crippen molar-refractivity contribution >= 4 is 40.4 Å². The van der Waals surface area contributed by atoms with Gasteiger partial charge in [-0.2, -0.15) is 0 Å². The third-order valence-corrected chi connectivity index (χ3v) is 10.3. The van der Waals surface area contributed by atoms with Gasteiger partial charge in [-0.3, -0.25) is 0 Å². The highest BCUT2D eigenvalue weighted by Crippen LogP contribution is 2.48. The average Bonchev–Trinajstić information content (AvgIpc) is 3.12. The Hall–Kier alpha value is -5.02. The maximum absolute atomic E-state index is 2.63. The summed E-state index contributed by atoms with van der Waals surface area (Å²) in [4.78, 5) is 5.24. The Balaban J connectivity index is 1.32. The van der Waals surface area contributed by atoms with E-state index in [4.69, 9.17) is 0 Å². The van der Waals surface area contributed by atoms with Crippen molar-refractivity contribution in [3.63, 3.8) is 0 Å². The van der Waals surface area contributed by atoms with Crippen LogP contribution in [0, 0.1) is 11.8 Å². The van der Waals surface area contributed by atoms with E-state index in [0.29, 0.717) is 11.8 Å². The molecule has 0 amide bonds. The lowest BCUT2D eigenvalue weighted by Crippen LogP contribution is -2.58. The first-order valence-corrected chi connectivity index (χ1v) is 16.4. The van der Waals surface area contributed by atoms with Crippen molar-refractivity contribution in [2.75, 3.05) is 9.80 Å². The molecule has 0 spiro atoms. The zero-order valence-corrected chi connectivity index (χ0v) is 25.3. The molecule has 0 N–H and O–H groups in total. The van der Waals surface area contributed by atoms with Gasteiger partial charge in [0.1, 0.15) is 0 Å². The van der Waals surface area contributed by atoms with Crippen LogP contribution in [-0.2, 0) is 0 Å². The summed E-state index contributed by atoms with van der Waals surface area (Å²) in [6.45, 7) is 0.185. The number of benzene rings is 4. The Kier molecular flexibility index (Phi) is 6.37. The van der Waals surface area contributed by atoms with Crippen molar-refractivity contribution < 1.29 is 0 Å². The number of rotatable bonds is 4. The van der Waals surface area contributed by atoms with Crippen molar-refractivity contribution in [2.24, 2.45) is 11.8 Å². The second-order valence-corrected chi connectivity index (χ2v) is 12.8. The molecule has 2 aliphatic heterocycles. The van der Waals surface area contributed by atoms with E-state index in [9.17, 15) is 0 Å². The summed E-state index contributed by atoms with van der Waals surface area (Å²) in [6.07, 6.45) is 26.4. The normalized spacial score (nSPS) is 22.4. The van der Waals surface area contributed by atoms with Crippen molar-refractivity contribution in [3.8, 4) is 11.1 Å². The van der Waals surface area contributed by atoms with E-state index < -0.39 is 0 Å². The molecule has 2 nitrogen and oxygen atoms in total. The highest BCUT2D eigenvalue weighted by molar-refractivity contribution is 6.95. The first-order valence-electron chi connectivity index (χ1n) is 16.4. The van der Waals surface area contributed by atoms with Crippen molar-refractivity contribution in [1.82, 2.24) is 0 Å². The minimum Gasteiger partial charge on any atom is -0.335 e. The summed E-state index contributed by atoms with van der Waals surface area (Å²) in [6, 6.07) is 36.3. The van der Waals surface area contributed by atoms with Crippen LogP contribution in [0.1, 0.15) is 19.3 Å². The molecule has 0 bridgehead atoms. The molecule has 4 aromatic carbocycles. The van der Waals surface area contributed by atoms with Crippen molar-refractivity contribution in [2.45, 2.75) is 25.3 Å². The minimum atomic E-state index is 0.185. The highest BCUT2D eigenvalue weighted by Gasteiger charge is 2.45. The molecule has 0 saturated carbocycles. The van der Waals surface area contributed by atoms with E-state index in [-0.39, 0.29) is 12.8 Å². The minimum absolute atomic E-state index is 0.185. The summed E-state index contributed by atoms with van der Waals surface area (Å²) in [7, 11) is 0. The Morgan fingerprint density at radius 2 is 1.33 bits per heavy atom. The van der Waals surface area contributed by atoms with Gasteiger partial charge in [-0.1, -0.05) is 127 Å². The first-order chi connectivity index (χ1) is 22.3. The van der Waals surface area contributed by atoms with Crippen LogP contribution in [0.4, 0.5) is 22.7 Å². The molecular weight excluding hydrogens is 543 g/mol. The third-order valence-electron chi connectivity index (χ3n) is 10.3. The lowest BCUT2D eigenvalue weighted by molar-refractivity contribution is 0.465. The molecule has 9 rings (SSSR count). The SMILES string of the molecule is C1=CCC(C2C=CC3=C(C2)N(c2ccccc2)c2cc(-c4ccccc4)cc4c2B3c2ccccc2N4C2C=CC=CC2)C=C1. The lowest BCUT2D eigenvalue weighted by Gasteiger charge is -2.48. The summed E-state index contributed by atoms with van der Waals surface area (Å²) >= 11 is 0. The Bertz CT molecular complexity index is 1960. The van der Waals surface area contributed by atoms with E-state index in [1.54, 1.807) is 0 Å². The van der Waals surface area contributed by atoms with Crippen LogP contribution in [-0.4, -0.2) is 12.8 Å². The fraction of sp³-hybridized carbons (Fsp3) is 0.143. The second kappa shape index (κ2) is 10.9. The van der Waals surface area contributed by atoms with Crippen molar-refractivity contribution in [3.05, 3.63) is 169 Å². The number of fused-ring (bicyclic) bond motifs is 3. The molecule has 5 aliphatic rings. The van der Waals surface area contributed by atoms with Gasteiger partial charge in [-0.15, -0.1) is 0 Å². The zero-order chi connectivity index (χ0) is 29.7. The number of allylic oxidation sites excluding steroid dienone is 10. The van der Waals surface area contributed by atoms with Gasteiger partial charge in [0.15, 0.2) is 0 Å². The Morgan fingerprint density at radius 3 is 2.11 bits per heavy atom. The summed E-state index contributed by atoms with van der Waals surface area (Å²) in [5.41, 5.74) is 13.4. The summed E-state index contributed by atoms with van der Waals surface area (Å²) < 4.78 is 0. The largest absolute Gasteiger partial charge is 0.335 e. The van der Waals surface area contributed by atoms with Crippen LogP contribution in [0.15, 0.2) is 169 Å². The smallest absolute Gasteiger partial charge is 0.251 e. The van der Waals surface area contributed by atoms with Crippen LogP contribution in [0.25, 0.3) is 11.1 Å². The van der Waals surface area contributed by atoms with E-state index in [2.05, 4.69) is 168 Å².